The van der Waals surface area contributed by atoms with Crippen LogP contribution in [0.4, 0.5) is 5.95 Å². The molecule has 0 saturated heterocycles. The lowest BCUT2D eigenvalue weighted by molar-refractivity contribution is 0.527. The Labute approximate surface area is 173 Å². The maximum atomic E-state index is 12.6. The zero-order valence-corrected chi connectivity index (χ0v) is 16.8. The maximum Gasteiger partial charge on any atom is 0.255 e. The van der Waals surface area contributed by atoms with Crippen LogP contribution >= 0.6 is 23.2 Å². The normalized spacial score (nSPS) is 13.4. The van der Waals surface area contributed by atoms with Crippen LogP contribution in [0.25, 0.3) is 11.3 Å². The van der Waals surface area contributed by atoms with E-state index < -0.39 is 0 Å². The molecular weight excluding hydrogens is 395 g/mol. The Kier molecular flexibility index (Phi) is 5.64. The summed E-state index contributed by atoms with van der Waals surface area (Å²) in [6, 6.07) is 11.0. The summed E-state index contributed by atoms with van der Waals surface area (Å²) in [6.07, 6.45) is 6.12. The molecule has 1 aromatic carbocycles. The highest BCUT2D eigenvalue weighted by Crippen LogP contribution is 2.24. The van der Waals surface area contributed by atoms with Crippen LogP contribution in [0, 0.1) is 0 Å². The minimum atomic E-state index is -0.0118. The van der Waals surface area contributed by atoms with Gasteiger partial charge in [-0.25, -0.2) is 4.98 Å². The first kappa shape index (κ1) is 19.0. The lowest BCUT2D eigenvalue weighted by Gasteiger charge is -2.31. The summed E-state index contributed by atoms with van der Waals surface area (Å²) in [5, 5.41) is 1.34. The van der Waals surface area contributed by atoms with Gasteiger partial charge in [-0.2, -0.15) is 0 Å². The highest BCUT2D eigenvalue weighted by Gasteiger charge is 2.20. The van der Waals surface area contributed by atoms with Crippen LogP contribution in [0.5, 0.6) is 0 Å². The number of nitrogens with zero attached hydrogens (tertiary/aromatic N) is 4. The second-order valence-corrected chi connectivity index (χ2v) is 7.69. The summed E-state index contributed by atoms with van der Waals surface area (Å²) in [6.45, 7) is 2.41. The molecule has 0 radical (unpaired) electrons. The number of anilines is 1. The molecule has 28 heavy (non-hydrogen) atoms. The van der Waals surface area contributed by atoms with E-state index in [9.17, 15) is 4.79 Å². The molecule has 0 bridgehead atoms. The molecule has 3 heterocycles. The first-order chi connectivity index (χ1) is 13.6. The fraction of sp³-hybridized carbons (Fsp3) is 0.286. The Hall–Kier alpha value is -2.37. The largest absolute Gasteiger partial charge is 0.342 e. The zero-order valence-electron chi connectivity index (χ0n) is 15.3. The van der Waals surface area contributed by atoms with Crippen LogP contribution in [0.1, 0.15) is 18.4 Å². The molecule has 4 rings (SSSR count). The van der Waals surface area contributed by atoms with E-state index in [1.54, 1.807) is 29.1 Å². The number of hydrogen-bond acceptors (Lipinski definition) is 4. The Morgan fingerprint density at radius 3 is 2.64 bits per heavy atom. The van der Waals surface area contributed by atoms with Crippen molar-refractivity contribution in [2.45, 2.75) is 25.8 Å². The average Bonchev–Trinajstić information content (AvgIpc) is 2.70. The summed E-state index contributed by atoms with van der Waals surface area (Å²) in [5.74, 6) is 0.743. The van der Waals surface area contributed by atoms with Crippen molar-refractivity contribution in [2.24, 2.45) is 0 Å². The van der Waals surface area contributed by atoms with Gasteiger partial charge < -0.3 is 4.90 Å². The predicted molar refractivity (Wildman–Crippen MR) is 113 cm³/mol. The van der Waals surface area contributed by atoms with Gasteiger partial charge >= 0.3 is 0 Å². The molecule has 0 saturated carbocycles. The van der Waals surface area contributed by atoms with Crippen molar-refractivity contribution in [3.05, 3.63) is 74.8 Å². The molecule has 1 aliphatic heterocycles. The molecule has 7 heteroatoms. The molecule has 3 aromatic rings. The van der Waals surface area contributed by atoms with Crippen molar-refractivity contribution in [3.8, 4) is 11.3 Å². The number of pyridine rings is 1. The number of fused-ring (bicyclic) bond motifs is 1. The molecule has 0 unspecified atom stereocenters. The van der Waals surface area contributed by atoms with Crippen LogP contribution in [0.15, 0.2) is 53.6 Å². The summed E-state index contributed by atoms with van der Waals surface area (Å²) in [7, 11) is 0. The first-order valence-corrected chi connectivity index (χ1v) is 10.1. The summed E-state index contributed by atoms with van der Waals surface area (Å²) in [5.41, 5.74) is 2.65. The van der Waals surface area contributed by atoms with Crippen molar-refractivity contribution in [1.82, 2.24) is 14.5 Å². The van der Waals surface area contributed by atoms with Gasteiger partial charge in [-0.3, -0.25) is 14.3 Å². The number of hydrogen-bond donors (Lipinski definition) is 0. The molecular formula is C21H20Cl2N4O. The number of aryl methyl sites for hydroxylation is 1. The van der Waals surface area contributed by atoms with E-state index in [2.05, 4.69) is 9.88 Å². The van der Waals surface area contributed by atoms with E-state index in [1.807, 2.05) is 24.3 Å². The summed E-state index contributed by atoms with van der Waals surface area (Å²) >= 11 is 12.3. The molecule has 0 amide bonds. The highest BCUT2D eigenvalue weighted by molar-refractivity contribution is 6.35. The Morgan fingerprint density at radius 2 is 1.86 bits per heavy atom. The van der Waals surface area contributed by atoms with Crippen LogP contribution in [0.2, 0.25) is 10.0 Å². The van der Waals surface area contributed by atoms with Crippen LogP contribution < -0.4 is 10.5 Å². The van der Waals surface area contributed by atoms with Crippen LogP contribution in [-0.4, -0.2) is 27.6 Å². The molecule has 0 atom stereocenters. The van der Waals surface area contributed by atoms with Crippen molar-refractivity contribution in [1.29, 1.82) is 0 Å². The summed E-state index contributed by atoms with van der Waals surface area (Å²) in [4.78, 5) is 23.7. The third-order valence-corrected chi connectivity index (χ3v) is 5.53. The molecule has 1 aliphatic rings. The topological polar surface area (TPSA) is 51.0 Å². The molecule has 5 nitrogen and oxygen atoms in total. The molecule has 0 N–H and O–H groups in total. The van der Waals surface area contributed by atoms with Gasteiger partial charge in [0, 0.05) is 53.7 Å². The van der Waals surface area contributed by atoms with E-state index in [0.717, 1.165) is 49.4 Å². The van der Waals surface area contributed by atoms with Gasteiger partial charge in [0.1, 0.15) is 0 Å². The van der Waals surface area contributed by atoms with E-state index >= 15 is 0 Å². The third kappa shape index (κ3) is 4.05. The molecule has 0 spiro atoms. The fourth-order valence-electron chi connectivity index (χ4n) is 3.53. The number of aromatic nitrogens is 3. The van der Waals surface area contributed by atoms with Crippen molar-refractivity contribution >= 4 is 29.2 Å². The highest BCUT2D eigenvalue weighted by atomic mass is 35.5. The Bertz CT molecular complexity index is 1040. The second kappa shape index (κ2) is 8.33. The fourth-order valence-corrected chi connectivity index (χ4v) is 4.04. The molecule has 0 fully saturated rings. The average molecular weight is 415 g/mol. The minimum absolute atomic E-state index is 0.0118. The van der Waals surface area contributed by atoms with Gasteiger partial charge in [0.2, 0.25) is 5.95 Å². The van der Waals surface area contributed by atoms with Crippen LogP contribution in [0.3, 0.4) is 0 Å². The number of rotatable bonds is 5. The SMILES string of the molecule is O=c1cc(-c2ccncc2)nc2n1CCCN2CCCc1ccc(Cl)cc1Cl. The van der Waals surface area contributed by atoms with Crippen molar-refractivity contribution in [2.75, 3.05) is 18.0 Å². The number of benzene rings is 1. The van der Waals surface area contributed by atoms with E-state index in [4.69, 9.17) is 28.2 Å². The van der Waals surface area contributed by atoms with E-state index in [1.165, 1.54) is 0 Å². The van der Waals surface area contributed by atoms with E-state index in [0.29, 0.717) is 22.3 Å². The van der Waals surface area contributed by atoms with Crippen LogP contribution in [-0.2, 0) is 13.0 Å². The minimum Gasteiger partial charge on any atom is -0.342 e. The third-order valence-electron chi connectivity index (χ3n) is 4.95. The molecule has 144 valence electrons. The molecule has 2 aromatic heterocycles. The second-order valence-electron chi connectivity index (χ2n) is 6.85. The van der Waals surface area contributed by atoms with Gasteiger partial charge in [0.25, 0.3) is 5.56 Å². The smallest absolute Gasteiger partial charge is 0.255 e. The first-order valence-electron chi connectivity index (χ1n) is 9.33. The maximum absolute atomic E-state index is 12.6. The lowest BCUT2D eigenvalue weighted by atomic mass is 10.1. The van der Waals surface area contributed by atoms with Gasteiger partial charge in [0.15, 0.2) is 0 Å². The quantitative estimate of drug-likeness (QED) is 0.618. The predicted octanol–water partition coefficient (Wildman–Crippen LogP) is 4.46. The monoisotopic (exact) mass is 414 g/mol. The van der Waals surface area contributed by atoms with Gasteiger partial charge in [0.05, 0.1) is 5.69 Å². The van der Waals surface area contributed by atoms with Gasteiger partial charge in [-0.15, -0.1) is 0 Å². The molecule has 0 aliphatic carbocycles. The standard InChI is InChI=1S/C21H20Cl2N4O/c22-17-5-4-15(18(23)13-17)3-1-10-26-11-2-12-27-20(28)14-19(25-21(26)27)16-6-8-24-9-7-16/h4-9,13-14H,1-3,10-12H2. The number of halogens is 2. The Balaban J connectivity index is 1.54. The van der Waals surface area contributed by atoms with Gasteiger partial charge in [-0.05, 0) is 49.1 Å². The van der Waals surface area contributed by atoms with Gasteiger partial charge in [-0.1, -0.05) is 29.3 Å². The Morgan fingerprint density at radius 1 is 1.04 bits per heavy atom. The van der Waals surface area contributed by atoms with Crippen molar-refractivity contribution < 1.29 is 0 Å². The summed E-state index contributed by atoms with van der Waals surface area (Å²) < 4.78 is 1.77. The van der Waals surface area contributed by atoms with E-state index in [-0.39, 0.29) is 5.56 Å². The van der Waals surface area contributed by atoms with Crippen molar-refractivity contribution in [3.63, 3.8) is 0 Å². The lowest BCUT2D eigenvalue weighted by Crippen LogP contribution is -2.39. The zero-order chi connectivity index (χ0) is 19.5.